The molecule has 1 amide bonds. The van der Waals surface area contributed by atoms with Crippen LogP contribution in [0.4, 0.5) is 4.39 Å². The first-order valence-corrected chi connectivity index (χ1v) is 9.63. The van der Waals surface area contributed by atoms with Crippen LogP contribution in [0.3, 0.4) is 0 Å². The van der Waals surface area contributed by atoms with Gasteiger partial charge in [-0.2, -0.15) is 0 Å². The fraction of sp³-hybridized carbons (Fsp3) is 0.619. The van der Waals surface area contributed by atoms with E-state index in [9.17, 15) is 14.0 Å². The standard InChI is InChI=1S/C21H31FN2O3/c1-24(2)21(15-16-7-9-17(22)10-8-16)13-11-18(12-14-21)23-19(25)5-4-6-20(26)27-3/h7-10,18H,4-6,11-15H2,1-3H3,(H,23,25). The maximum Gasteiger partial charge on any atom is 0.305 e. The Morgan fingerprint density at radius 3 is 2.37 bits per heavy atom. The van der Waals surface area contributed by atoms with Gasteiger partial charge in [0.1, 0.15) is 5.82 Å². The van der Waals surface area contributed by atoms with Crippen LogP contribution in [0.1, 0.15) is 50.5 Å². The fourth-order valence-corrected chi connectivity index (χ4v) is 3.86. The van der Waals surface area contributed by atoms with Gasteiger partial charge in [0.15, 0.2) is 0 Å². The van der Waals surface area contributed by atoms with Gasteiger partial charge in [0, 0.05) is 24.4 Å². The molecule has 0 saturated heterocycles. The van der Waals surface area contributed by atoms with Crippen molar-refractivity contribution in [2.45, 2.75) is 62.9 Å². The molecule has 0 aliphatic heterocycles. The average Bonchev–Trinajstić information content (AvgIpc) is 2.65. The van der Waals surface area contributed by atoms with Crippen LogP contribution >= 0.6 is 0 Å². The number of ether oxygens (including phenoxy) is 1. The fourth-order valence-electron chi connectivity index (χ4n) is 3.86. The van der Waals surface area contributed by atoms with E-state index in [1.807, 2.05) is 12.1 Å². The highest BCUT2D eigenvalue weighted by atomic mass is 19.1. The third-order valence-electron chi connectivity index (χ3n) is 5.69. The molecule has 1 N–H and O–H groups in total. The number of amides is 1. The Morgan fingerprint density at radius 1 is 1.19 bits per heavy atom. The monoisotopic (exact) mass is 378 g/mol. The summed E-state index contributed by atoms with van der Waals surface area (Å²) in [6, 6.07) is 6.92. The van der Waals surface area contributed by atoms with Crippen molar-refractivity contribution in [3.63, 3.8) is 0 Å². The molecule has 0 radical (unpaired) electrons. The quantitative estimate of drug-likeness (QED) is 0.707. The summed E-state index contributed by atoms with van der Waals surface area (Å²) >= 11 is 0. The molecular weight excluding hydrogens is 347 g/mol. The van der Waals surface area contributed by atoms with E-state index in [4.69, 9.17) is 0 Å². The highest BCUT2D eigenvalue weighted by molar-refractivity contribution is 5.77. The smallest absolute Gasteiger partial charge is 0.305 e. The van der Waals surface area contributed by atoms with Crippen LogP contribution in [0.15, 0.2) is 24.3 Å². The molecule has 0 heterocycles. The van der Waals surface area contributed by atoms with Crippen LogP contribution in [0.5, 0.6) is 0 Å². The lowest BCUT2D eigenvalue weighted by molar-refractivity contribution is -0.140. The Bertz CT molecular complexity index is 623. The number of nitrogens with one attached hydrogen (secondary N) is 1. The zero-order valence-electron chi connectivity index (χ0n) is 16.6. The molecule has 1 aliphatic rings. The molecule has 1 aliphatic carbocycles. The molecule has 0 atom stereocenters. The molecule has 1 saturated carbocycles. The zero-order valence-corrected chi connectivity index (χ0v) is 16.6. The maximum absolute atomic E-state index is 13.2. The summed E-state index contributed by atoms with van der Waals surface area (Å²) < 4.78 is 17.8. The summed E-state index contributed by atoms with van der Waals surface area (Å²) in [6.07, 6.45) is 5.80. The molecule has 2 rings (SSSR count). The predicted octanol–water partition coefficient (Wildman–Crippen LogP) is 3.07. The van der Waals surface area contributed by atoms with Gasteiger partial charge in [-0.25, -0.2) is 4.39 Å². The van der Waals surface area contributed by atoms with Crippen molar-refractivity contribution in [1.29, 1.82) is 0 Å². The average molecular weight is 378 g/mol. The number of carbonyl (C=O) groups excluding carboxylic acids is 2. The first-order chi connectivity index (χ1) is 12.8. The van der Waals surface area contributed by atoms with Crippen molar-refractivity contribution in [2.24, 2.45) is 0 Å². The number of benzene rings is 1. The summed E-state index contributed by atoms with van der Waals surface area (Å²) in [4.78, 5) is 25.5. The van der Waals surface area contributed by atoms with Crippen LogP contribution in [0.2, 0.25) is 0 Å². The van der Waals surface area contributed by atoms with Crippen LogP contribution in [-0.4, -0.2) is 49.6 Å². The number of hydrogen-bond donors (Lipinski definition) is 1. The maximum atomic E-state index is 13.2. The molecule has 150 valence electrons. The van der Waals surface area contributed by atoms with Crippen molar-refractivity contribution < 1.29 is 18.7 Å². The Hall–Kier alpha value is -1.95. The van der Waals surface area contributed by atoms with Gasteiger partial charge < -0.3 is 15.0 Å². The van der Waals surface area contributed by atoms with Gasteiger partial charge in [-0.3, -0.25) is 9.59 Å². The third kappa shape index (κ3) is 6.31. The van der Waals surface area contributed by atoms with E-state index < -0.39 is 0 Å². The van der Waals surface area contributed by atoms with E-state index in [0.29, 0.717) is 12.8 Å². The highest BCUT2D eigenvalue weighted by Crippen LogP contribution is 2.35. The molecular formula is C21H31FN2O3. The van der Waals surface area contributed by atoms with Gasteiger partial charge in [-0.15, -0.1) is 0 Å². The number of halogens is 1. The van der Waals surface area contributed by atoms with Crippen LogP contribution in [-0.2, 0) is 20.7 Å². The highest BCUT2D eigenvalue weighted by Gasteiger charge is 2.37. The second-order valence-electron chi connectivity index (χ2n) is 7.69. The van der Waals surface area contributed by atoms with Gasteiger partial charge in [0.2, 0.25) is 5.91 Å². The normalized spacial score (nSPS) is 22.5. The minimum Gasteiger partial charge on any atom is -0.469 e. The molecule has 0 spiro atoms. The molecule has 1 fully saturated rings. The zero-order chi connectivity index (χ0) is 19.9. The van der Waals surface area contributed by atoms with Gasteiger partial charge in [-0.1, -0.05) is 12.1 Å². The van der Waals surface area contributed by atoms with E-state index in [0.717, 1.165) is 37.7 Å². The second kappa shape index (κ2) is 9.83. The molecule has 1 aromatic rings. The van der Waals surface area contributed by atoms with E-state index in [-0.39, 0.29) is 35.7 Å². The SMILES string of the molecule is COC(=O)CCCC(=O)NC1CCC(Cc2ccc(F)cc2)(N(C)C)CC1. The van der Waals surface area contributed by atoms with Gasteiger partial charge in [-0.05, 0) is 70.3 Å². The molecule has 5 nitrogen and oxygen atoms in total. The van der Waals surface area contributed by atoms with Crippen molar-refractivity contribution >= 4 is 11.9 Å². The second-order valence-corrected chi connectivity index (χ2v) is 7.69. The van der Waals surface area contributed by atoms with Crippen LogP contribution in [0, 0.1) is 5.82 Å². The third-order valence-corrected chi connectivity index (χ3v) is 5.69. The van der Waals surface area contributed by atoms with Crippen molar-refractivity contribution in [2.75, 3.05) is 21.2 Å². The molecule has 27 heavy (non-hydrogen) atoms. The topological polar surface area (TPSA) is 58.6 Å². The van der Waals surface area contributed by atoms with Crippen LogP contribution < -0.4 is 5.32 Å². The van der Waals surface area contributed by atoms with Gasteiger partial charge in [0.25, 0.3) is 0 Å². The number of likely N-dealkylation sites (N-methyl/N-ethyl adjacent to an activating group) is 1. The molecule has 0 unspecified atom stereocenters. The predicted molar refractivity (Wildman–Crippen MR) is 103 cm³/mol. The number of esters is 1. The van der Waals surface area contributed by atoms with Gasteiger partial charge >= 0.3 is 5.97 Å². The Labute approximate surface area is 161 Å². The van der Waals surface area contributed by atoms with Crippen molar-refractivity contribution in [1.82, 2.24) is 10.2 Å². The minimum atomic E-state index is -0.281. The molecule has 0 bridgehead atoms. The van der Waals surface area contributed by atoms with E-state index in [2.05, 4.69) is 29.0 Å². The lowest BCUT2D eigenvalue weighted by Crippen LogP contribution is -2.52. The lowest BCUT2D eigenvalue weighted by Gasteiger charge is -2.45. The molecule has 0 aromatic heterocycles. The summed E-state index contributed by atoms with van der Waals surface area (Å²) in [5, 5.41) is 3.10. The summed E-state index contributed by atoms with van der Waals surface area (Å²) in [6.45, 7) is 0. The lowest BCUT2D eigenvalue weighted by atomic mass is 9.75. The van der Waals surface area contributed by atoms with Crippen molar-refractivity contribution in [3.05, 3.63) is 35.6 Å². The van der Waals surface area contributed by atoms with E-state index in [1.54, 1.807) is 0 Å². The molecule has 6 heteroatoms. The number of methoxy groups -OCH3 is 1. The Kier molecular flexibility index (Phi) is 7.78. The first kappa shape index (κ1) is 21.4. The van der Waals surface area contributed by atoms with Crippen LogP contribution in [0.25, 0.3) is 0 Å². The van der Waals surface area contributed by atoms with Gasteiger partial charge in [0.05, 0.1) is 7.11 Å². The Morgan fingerprint density at radius 2 is 1.81 bits per heavy atom. The Balaban J connectivity index is 1.84. The minimum absolute atomic E-state index is 0.000194. The molecule has 1 aromatic carbocycles. The number of hydrogen-bond acceptors (Lipinski definition) is 4. The largest absolute Gasteiger partial charge is 0.469 e. The summed E-state index contributed by atoms with van der Waals surface area (Å²) in [5.41, 5.74) is 1.17. The number of rotatable bonds is 8. The summed E-state index contributed by atoms with van der Waals surface area (Å²) in [5.74, 6) is -0.493. The van der Waals surface area contributed by atoms with Crippen molar-refractivity contribution in [3.8, 4) is 0 Å². The number of carbonyl (C=O) groups is 2. The summed E-state index contributed by atoms with van der Waals surface area (Å²) in [7, 11) is 5.54. The number of nitrogens with zero attached hydrogens (tertiary/aromatic N) is 1. The first-order valence-electron chi connectivity index (χ1n) is 9.63. The van der Waals surface area contributed by atoms with E-state index in [1.165, 1.54) is 19.2 Å². The van der Waals surface area contributed by atoms with E-state index >= 15 is 0 Å².